The Bertz CT molecular complexity index is 1010. The summed E-state index contributed by atoms with van der Waals surface area (Å²) in [6.07, 6.45) is 16.3. The molecule has 0 aromatic rings. The van der Waals surface area contributed by atoms with Crippen LogP contribution in [0.3, 0.4) is 0 Å². The molecule has 0 amide bonds. The largest absolute Gasteiger partial charge is 0.462 e. The van der Waals surface area contributed by atoms with Gasteiger partial charge in [-0.2, -0.15) is 0 Å². The van der Waals surface area contributed by atoms with Gasteiger partial charge in [-0.15, -0.1) is 0 Å². The fraction of sp³-hybridized carbons (Fsp3) is 0.710. The molecule has 1 N–H and O–H groups in total. The third-order valence-electron chi connectivity index (χ3n) is 9.03. The summed E-state index contributed by atoms with van der Waals surface area (Å²) in [6, 6.07) is 0. The Morgan fingerprint density at radius 2 is 1.85 bits per heavy atom. The van der Waals surface area contributed by atoms with Crippen molar-refractivity contribution in [3.05, 3.63) is 36.1 Å². The van der Waals surface area contributed by atoms with Crippen molar-refractivity contribution in [3.8, 4) is 0 Å². The molecular formula is C31H44O9. The first-order chi connectivity index (χ1) is 19.3. The predicted octanol–water partition coefficient (Wildman–Crippen LogP) is 4.39. The molecule has 40 heavy (non-hydrogen) atoms. The maximum absolute atomic E-state index is 12.5. The molecule has 0 bridgehead atoms. The van der Waals surface area contributed by atoms with Crippen molar-refractivity contribution in [2.75, 3.05) is 26.4 Å². The van der Waals surface area contributed by atoms with Crippen LogP contribution in [-0.4, -0.2) is 61.3 Å². The number of carbonyl (C=O) groups excluding carboxylic acids is 3. The first-order valence-electron chi connectivity index (χ1n) is 14.7. The number of esters is 3. The molecule has 9 heteroatoms. The highest BCUT2D eigenvalue weighted by Crippen LogP contribution is 2.72. The van der Waals surface area contributed by atoms with Crippen LogP contribution in [0.15, 0.2) is 36.1 Å². The zero-order chi connectivity index (χ0) is 28.8. The van der Waals surface area contributed by atoms with Crippen LogP contribution < -0.4 is 0 Å². The maximum Gasteiger partial charge on any atom is 0.330 e. The zero-order valence-electron chi connectivity index (χ0n) is 24.0. The predicted molar refractivity (Wildman–Crippen MR) is 145 cm³/mol. The molecule has 3 fully saturated rings. The number of rotatable bonds is 14. The monoisotopic (exact) mass is 560 g/mol. The molecule has 0 radical (unpaired) electrons. The Hall–Kier alpha value is -2.65. The number of fused-ring (bicyclic) bond motifs is 4. The van der Waals surface area contributed by atoms with Gasteiger partial charge in [-0.1, -0.05) is 50.8 Å². The zero-order valence-corrected chi connectivity index (χ0v) is 24.0. The van der Waals surface area contributed by atoms with Crippen LogP contribution in [-0.2, 0) is 38.1 Å². The number of ether oxygens (including phenoxy) is 5. The number of aliphatic hydroxyl groups is 1. The summed E-state index contributed by atoms with van der Waals surface area (Å²) in [5.74, 6) is -1.94. The van der Waals surface area contributed by atoms with Crippen LogP contribution in [0.2, 0.25) is 0 Å². The molecular weight excluding hydrogens is 516 g/mol. The highest BCUT2D eigenvalue weighted by molar-refractivity contribution is 5.82. The lowest BCUT2D eigenvalue weighted by Crippen LogP contribution is -2.48. The minimum atomic E-state index is -0.856. The van der Waals surface area contributed by atoms with Crippen molar-refractivity contribution in [2.24, 2.45) is 29.1 Å². The summed E-state index contributed by atoms with van der Waals surface area (Å²) < 4.78 is 28.4. The lowest BCUT2D eigenvalue weighted by Gasteiger charge is -2.41. The molecule has 0 aromatic heterocycles. The number of carbonyl (C=O) groups is 3. The van der Waals surface area contributed by atoms with Crippen LogP contribution >= 0.6 is 0 Å². The quantitative estimate of drug-likeness (QED) is 0.0823. The fourth-order valence-corrected chi connectivity index (χ4v) is 6.91. The summed E-state index contributed by atoms with van der Waals surface area (Å²) in [5, 5.41) is 10.6. The molecule has 1 spiro atoms. The number of unbranched alkanes of at least 4 members (excludes halogenated alkanes) is 5. The number of hydrogen-bond donors (Lipinski definition) is 1. The highest BCUT2D eigenvalue weighted by atomic mass is 16.7. The number of allylic oxidation sites excluding steroid dienone is 3. The van der Waals surface area contributed by atoms with Gasteiger partial charge in [-0.25, -0.2) is 4.79 Å². The van der Waals surface area contributed by atoms with Crippen molar-refractivity contribution < 1.29 is 43.2 Å². The third-order valence-corrected chi connectivity index (χ3v) is 9.03. The number of epoxide rings is 1. The Morgan fingerprint density at radius 3 is 2.52 bits per heavy atom. The van der Waals surface area contributed by atoms with Gasteiger partial charge >= 0.3 is 17.9 Å². The molecule has 4 aliphatic rings. The average Bonchev–Trinajstić information content (AvgIpc) is 3.83. The van der Waals surface area contributed by atoms with Gasteiger partial charge in [0.05, 0.1) is 25.4 Å². The Kier molecular flexibility index (Phi) is 10.1. The van der Waals surface area contributed by atoms with Crippen LogP contribution in [0, 0.1) is 29.1 Å². The van der Waals surface area contributed by atoms with E-state index in [9.17, 15) is 19.5 Å². The molecule has 0 aromatic carbocycles. The van der Waals surface area contributed by atoms with Gasteiger partial charge in [-0.3, -0.25) is 9.59 Å². The van der Waals surface area contributed by atoms with E-state index in [0.717, 1.165) is 24.8 Å². The molecule has 222 valence electrons. The minimum absolute atomic E-state index is 0.0254. The summed E-state index contributed by atoms with van der Waals surface area (Å²) >= 11 is 0. The SMILES string of the molecule is CCCCCCC/C=C/C=C/C(=O)OCC1(CO)[C@@H]2[C@H]3C(COC(C)=O)=CO[C@H](OC(C)=O)[C@H]3[C@@]3(CC[C@@H]21)CO3. The van der Waals surface area contributed by atoms with Crippen LogP contribution in [0.25, 0.3) is 0 Å². The van der Waals surface area contributed by atoms with E-state index in [1.54, 1.807) is 6.08 Å². The van der Waals surface area contributed by atoms with Gasteiger partial charge in [-0.05, 0) is 37.5 Å². The molecule has 2 aliphatic heterocycles. The third kappa shape index (κ3) is 6.79. The highest BCUT2D eigenvalue weighted by Gasteiger charge is 2.75. The Balaban J connectivity index is 1.43. The normalized spacial score (nSPS) is 33.9. The van der Waals surface area contributed by atoms with Crippen molar-refractivity contribution in [1.82, 2.24) is 0 Å². The van der Waals surface area contributed by atoms with Crippen LogP contribution in [0.5, 0.6) is 0 Å². The van der Waals surface area contributed by atoms with Crippen LogP contribution in [0.4, 0.5) is 0 Å². The van der Waals surface area contributed by atoms with E-state index >= 15 is 0 Å². The summed E-state index contributed by atoms with van der Waals surface area (Å²) in [4.78, 5) is 36.1. The number of aliphatic hydroxyl groups excluding tert-OH is 1. The van der Waals surface area contributed by atoms with E-state index in [4.69, 9.17) is 23.7 Å². The minimum Gasteiger partial charge on any atom is -0.462 e. The number of hydrogen-bond acceptors (Lipinski definition) is 9. The molecule has 2 aliphatic carbocycles. The summed E-state index contributed by atoms with van der Waals surface area (Å²) in [6.45, 7) is 5.34. The van der Waals surface area contributed by atoms with Crippen molar-refractivity contribution >= 4 is 17.9 Å². The molecule has 1 unspecified atom stereocenters. The first-order valence-corrected chi connectivity index (χ1v) is 14.7. The summed E-state index contributed by atoms with van der Waals surface area (Å²) in [7, 11) is 0. The lowest BCUT2D eigenvalue weighted by atomic mass is 9.71. The van der Waals surface area contributed by atoms with Gasteiger partial charge in [0.15, 0.2) is 0 Å². The van der Waals surface area contributed by atoms with E-state index < -0.39 is 35.2 Å². The maximum atomic E-state index is 12.5. The molecule has 7 atom stereocenters. The fourth-order valence-electron chi connectivity index (χ4n) is 6.91. The lowest BCUT2D eigenvalue weighted by molar-refractivity contribution is -0.193. The molecule has 9 nitrogen and oxygen atoms in total. The average molecular weight is 561 g/mol. The van der Waals surface area contributed by atoms with Gasteiger partial charge in [0, 0.05) is 36.8 Å². The van der Waals surface area contributed by atoms with Gasteiger partial charge in [0.1, 0.15) is 18.8 Å². The van der Waals surface area contributed by atoms with Crippen LogP contribution in [0.1, 0.15) is 72.1 Å². The first kappa shape index (κ1) is 30.3. The van der Waals surface area contributed by atoms with Gasteiger partial charge in [0.25, 0.3) is 0 Å². The smallest absolute Gasteiger partial charge is 0.330 e. The van der Waals surface area contributed by atoms with Crippen molar-refractivity contribution in [3.63, 3.8) is 0 Å². The van der Waals surface area contributed by atoms with E-state index in [1.807, 2.05) is 6.08 Å². The van der Waals surface area contributed by atoms with E-state index in [-0.39, 0.29) is 43.5 Å². The Labute approximate surface area is 236 Å². The molecule has 1 saturated heterocycles. The second-order valence-corrected chi connectivity index (χ2v) is 11.7. The van der Waals surface area contributed by atoms with E-state index in [2.05, 4.69) is 13.0 Å². The summed E-state index contributed by atoms with van der Waals surface area (Å²) in [5.41, 5.74) is -0.404. The molecule has 2 heterocycles. The van der Waals surface area contributed by atoms with Crippen molar-refractivity contribution in [1.29, 1.82) is 0 Å². The second-order valence-electron chi connectivity index (χ2n) is 11.7. The topological polar surface area (TPSA) is 121 Å². The Morgan fingerprint density at radius 1 is 1.07 bits per heavy atom. The van der Waals surface area contributed by atoms with Gasteiger partial charge < -0.3 is 28.8 Å². The molecule has 2 saturated carbocycles. The molecule has 4 rings (SSSR count). The standard InChI is InChI=1S/C31H44O9/c1-4-5-6-7-8-9-10-11-12-13-25(35)38-19-30(18-32)24-14-15-31(20-39-31)28-26(27(24)30)23(16-36-21(2)33)17-37-29(28)40-22(3)34/h10-13,17,24,26-29,32H,4-9,14-16,18-20H2,1-3H3/b11-10+,13-12+/t24-,26+,27-,28-,29+,30?,31+/m0/s1. The van der Waals surface area contributed by atoms with Crippen molar-refractivity contribution in [2.45, 2.75) is 84.0 Å². The second kappa shape index (κ2) is 13.3. The van der Waals surface area contributed by atoms with Gasteiger partial charge in [0.2, 0.25) is 6.29 Å². The van der Waals surface area contributed by atoms with E-state index in [1.165, 1.54) is 51.9 Å². The van der Waals surface area contributed by atoms with E-state index in [0.29, 0.717) is 13.0 Å².